The lowest BCUT2D eigenvalue weighted by Crippen LogP contribution is -2.26. The second kappa shape index (κ2) is 6.07. The van der Waals surface area contributed by atoms with E-state index in [1.165, 1.54) is 0 Å². The van der Waals surface area contributed by atoms with E-state index in [9.17, 15) is 27.5 Å². The molecule has 1 aromatic carbocycles. The van der Waals surface area contributed by atoms with Gasteiger partial charge in [0.2, 0.25) is 0 Å². The van der Waals surface area contributed by atoms with Gasteiger partial charge in [0.1, 0.15) is 6.04 Å². The van der Waals surface area contributed by atoms with E-state index in [4.69, 9.17) is 5.73 Å². The maximum atomic E-state index is 13.1. The molecule has 0 aliphatic carbocycles. The summed E-state index contributed by atoms with van der Waals surface area (Å²) in [6, 6.07) is -1.10. The fourth-order valence-corrected chi connectivity index (χ4v) is 1.39. The van der Waals surface area contributed by atoms with Crippen LogP contribution in [0, 0.1) is 5.82 Å². The molecule has 0 aliphatic heterocycles. The first-order valence-electron chi connectivity index (χ1n) is 4.62. The summed E-state index contributed by atoms with van der Waals surface area (Å²) in [6.45, 7) is 0. The van der Waals surface area contributed by atoms with Gasteiger partial charge >= 0.3 is 12.1 Å². The van der Waals surface area contributed by atoms with Crippen LogP contribution in [-0.4, -0.2) is 18.2 Å². The van der Waals surface area contributed by atoms with Gasteiger partial charge in [-0.3, -0.25) is 4.79 Å². The summed E-state index contributed by atoms with van der Waals surface area (Å²) in [6.07, 6.45) is -4.88. The quantitative estimate of drug-likeness (QED) is 0.648. The predicted octanol–water partition coefficient (Wildman–Crippen LogP) is 2.14. The number of phenolic OH excluding ortho intramolecular Hbond substituents is 1. The Morgan fingerprint density at radius 3 is 2.37 bits per heavy atom. The lowest BCUT2D eigenvalue weighted by molar-refractivity contribution is -0.144. The van der Waals surface area contributed by atoms with Gasteiger partial charge in [0, 0.05) is 5.56 Å². The van der Waals surface area contributed by atoms with Crippen molar-refractivity contribution in [3.05, 3.63) is 29.1 Å². The Labute approximate surface area is 111 Å². The van der Waals surface area contributed by atoms with Gasteiger partial charge in [-0.2, -0.15) is 13.2 Å². The average Bonchev–Trinajstić information content (AvgIpc) is 2.29. The Hall–Kier alpha value is -1.54. The van der Waals surface area contributed by atoms with E-state index in [0.717, 1.165) is 7.11 Å². The molecule has 1 rings (SSSR count). The summed E-state index contributed by atoms with van der Waals surface area (Å²) >= 11 is 0. The zero-order valence-corrected chi connectivity index (χ0v) is 10.3. The normalized spacial score (nSPS) is 12.5. The summed E-state index contributed by atoms with van der Waals surface area (Å²) in [7, 11) is 0.909. The zero-order valence-electron chi connectivity index (χ0n) is 9.49. The highest BCUT2D eigenvalue weighted by molar-refractivity contribution is 5.85. The average molecular weight is 304 g/mol. The summed E-state index contributed by atoms with van der Waals surface area (Å²) in [5.74, 6) is -3.85. The van der Waals surface area contributed by atoms with Crippen LogP contribution in [0.25, 0.3) is 0 Å². The first-order chi connectivity index (χ1) is 8.20. The van der Waals surface area contributed by atoms with E-state index < -0.39 is 40.9 Å². The smallest absolute Gasteiger partial charge is 0.416 e. The van der Waals surface area contributed by atoms with Crippen molar-refractivity contribution >= 4 is 18.4 Å². The number of aromatic hydroxyl groups is 1. The van der Waals surface area contributed by atoms with Gasteiger partial charge in [-0.1, -0.05) is 0 Å². The lowest BCUT2D eigenvalue weighted by Gasteiger charge is -2.18. The molecule has 9 heteroatoms. The molecule has 4 nitrogen and oxygen atoms in total. The summed E-state index contributed by atoms with van der Waals surface area (Å²) in [4.78, 5) is 11.1. The summed E-state index contributed by atoms with van der Waals surface area (Å²) < 4.78 is 55.2. The molecule has 0 fully saturated rings. The van der Waals surface area contributed by atoms with E-state index in [-0.39, 0.29) is 12.4 Å². The molecule has 0 spiro atoms. The third-order valence-electron chi connectivity index (χ3n) is 2.24. The molecule has 0 radical (unpaired) electrons. The molecule has 0 amide bonds. The highest BCUT2D eigenvalue weighted by atomic mass is 35.5. The van der Waals surface area contributed by atoms with Crippen LogP contribution in [0.3, 0.4) is 0 Å². The summed E-state index contributed by atoms with van der Waals surface area (Å²) in [5, 5.41) is 9.29. The Morgan fingerprint density at radius 2 is 1.95 bits per heavy atom. The van der Waals surface area contributed by atoms with Gasteiger partial charge in [-0.05, 0) is 12.1 Å². The highest BCUT2D eigenvalue weighted by Crippen LogP contribution is 2.39. The van der Waals surface area contributed by atoms with Crippen LogP contribution in [0.5, 0.6) is 5.75 Å². The molecular weight excluding hydrogens is 294 g/mol. The molecule has 1 atom stereocenters. The molecule has 3 N–H and O–H groups in total. The van der Waals surface area contributed by atoms with Crippen molar-refractivity contribution in [2.45, 2.75) is 12.2 Å². The number of rotatable bonds is 2. The van der Waals surface area contributed by atoms with Crippen LogP contribution in [0.15, 0.2) is 12.1 Å². The van der Waals surface area contributed by atoms with Crippen LogP contribution >= 0.6 is 12.4 Å². The number of alkyl halides is 3. The molecule has 0 saturated carbocycles. The van der Waals surface area contributed by atoms with Crippen molar-refractivity contribution in [3.8, 4) is 5.75 Å². The molecule has 0 unspecified atom stereocenters. The molecule has 19 heavy (non-hydrogen) atoms. The number of hydrogen-bond acceptors (Lipinski definition) is 4. The number of hydrogen-bond donors (Lipinski definition) is 2. The SMILES string of the molecule is COC(=O)[C@@H](N)c1c(C(F)(F)F)ccc(F)c1O.Cl. The van der Waals surface area contributed by atoms with Gasteiger partial charge in [0.05, 0.1) is 12.7 Å². The van der Waals surface area contributed by atoms with Gasteiger partial charge in [0.25, 0.3) is 0 Å². The monoisotopic (exact) mass is 303 g/mol. The molecule has 0 heterocycles. The van der Waals surface area contributed by atoms with E-state index in [1.807, 2.05) is 0 Å². The Balaban J connectivity index is 0.00000324. The predicted molar refractivity (Wildman–Crippen MR) is 59.3 cm³/mol. The van der Waals surface area contributed by atoms with Crippen molar-refractivity contribution < 1.29 is 32.2 Å². The topological polar surface area (TPSA) is 72.5 Å². The number of esters is 1. The van der Waals surface area contributed by atoms with Gasteiger partial charge in [-0.25, -0.2) is 4.39 Å². The van der Waals surface area contributed by atoms with Gasteiger partial charge in [-0.15, -0.1) is 12.4 Å². The van der Waals surface area contributed by atoms with Crippen molar-refractivity contribution in [3.63, 3.8) is 0 Å². The molecule has 0 aliphatic rings. The second-order valence-electron chi connectivity index (χ2n) is 3.36. The number of ether oxygens (including phenoxy) is 1. The second-order valence-corrected chi connectivity index (χ2v) is 3.36. The lowest BCUT2D eigenvalue weighted by atomic mass is 9.99. The molecule has 108 valence electrons. The third kappa shape index (κ3) is 3.48. The number of benzene rings is 1. The number of carbonyl (C=O) groups excluding carboxylic acids is 1. The third-order valence-corrected chi connectivity index (χ3v) is 2.24. The Bertz CT molecular complexity index is 479. The molecule has 0 saturated heterocycles. The minimum atomic E-state index is -4.88. The number of nitrogens with two attached hydrogens (primary N) is 1. The Kier molecular flexibility index (Phi) is 5.58. The van der Waals surface area contributed by atoms with E-state index >= 15 is 0 Å². The minimum absolute atomic E-state index is 0. The molecule has 0 bridgehead atoms. The minimum Gasteiger partial charge on any atom is -0.505 e. The van der Waals surface area contributed by atoms with Gasteiger partial charge < -0.3 is 15.6 Å². The Morgan fingerprint density at radius 1 is 1.42 bits per heavy atom. The largest absolute Gasteiger partial charge is 0.505 e. The van der Waals surface area contributed by atoms with E-state index in [2.05, 4.69) is 4.74 Å². The van der Waals surface area contributed by atoms with Crippen LogP contribution in [0.4, 0.5) is 17.6 Å². The number of halogens is 5. The van der Waals surface area contributed by atoms with Crippen molar-refractivity contribution in [2.75, 3.05) is 7.11 Å². The maximum Gasteiger partial charge on any atom is 0.416 e. The van der Waals surface area contributed by atoms with E-state index in [0.29, 0.717) is 12.1 Å². The van der Waals surface area contributed by atoms with Crippen LogP contribution in [0.1, 0.15) is 17.2 Å². The summed E-state index contributed by atoms with van der Waals surface area (Å²) in [5.41, 5.74) is 2.78. The number of carbonyl (C=O) groups is 1. The first-order valence-corrected chi connectivity index (χ1v) is 4.62. The molecule has 0 aromatic heterocycles. The first kappa shape index (κ1) is 17.5. The van der Waals surface area contributed by atoms with Gasteiger partial charge in [0.15, 0.2) is 11.6 Å². The van der Waals surface area contributed by atoms with E-state index in [1.54, 1.807) is 0 Å². The van der Waals surface area contributed by atoms with Crippen molar-refractivity contribution in [1.82, 2.24) is 0 Å². The van der Waals surface area contributed by atoms with Crippen LogP contribution in [-0.2, 0) is 15.7 Å². The van der Waals surface area contributed by atoms with Crippen LogP contribution < -0.4 is 5.73 Å². The van der Waals surface area contributed by atoms with Crippen molar-refractivity contribution in [1.29, 1.82) is 0 Å². The molecule has 1 aromatic rings. The fourth-order valence-electron chi connectivity index (χ4n) is 1.39. The fraction of sp³-hybridized carbons (Fsp3) is 0.300. The number of phenols is 1. The zero-order chi connectivity index (χ0) is 14.1. The number of methoxy groups -OCH3 is 1. The standard InChI is InChI=1S/C10H9F4NO3.ClH/c1-18-9(17)7(15)6-4(10(12,13)14)2-3-5(11)8(6)16;/h2-3,7,16H,15H2,1H3;1H/t7-;/m0./s1. The molecular formula is C10H10ClF4NO3. The van der Waals surface area contributed by atoms with Crippen LogP contribution in [0.2, 0.25) is 0 Å². The highest BCUT2D eigenvalue weighted by Gasteiger charge is 2.38. The maximum absolute atomic E-state index is 13.1. The van der Waals surface area contributed by atoms with Crippen molar-refractivity contribution in [2.24, 2.45) is 5.73 Å².